The van der Waals surface area contributed by atoms with E-state index in [-0.39, 0.29) is 28.5 Å². The van der Waals surface area contributed by atoms with Gasteiger partial charge in [-0.15, -0.1) is 11.3 Å². The van der Waals surface area contributed by atoms with E-state index in [2.05, 4.69) is 6.92 Å². The molecule has 0 radical (unpaired) electrons. The van der Waals surface area contributed by atoms with Crippen molar-refractivity contribution in [1.29, 1.82) is 0 Å². The number of carbonyl (C=O) groups excluding carboxylic acids is 1. The van der Waals surface area contributed by atoms with E-state index in [1.807, 2.05) is 33.8 Å². The van der Waals surface area contributed by atoms with Gasteiger partial charge in [-0.05, 0) is 63.4 Å². The molecule has 0 spiro atoms. The second-order valence-corrected chi connectivity index (χ2v) is 10.5. The number of amides is 1. The number of thiophene rings is 1. The Kier molecular flexibility index (Phi) is 7.29. The average Bonchev–Trinajstić information content (AvgIpc) is 3.00. The predicted molar refractivity (Wildman–Crippen MR) is 113 cm³/mol. The normalized spacial score (nSPS) is 22.5. The Morgan fingerprint density at radius 1 is 1.25 bits per heavy atom. The van der Waals surface area contributed by atoms with Crippen molar-refractivity contribution in [1.82, 2.24) is 0 Å². The van der Waals surface area contributed by atoms with Crippen LogP contribution >= 0.6 is 11.3 Å². The first-order valence-corrected chi connectivity index (χ1v) is 11.1. The maximum absolute atomic E-state index is 13.8. The Balaban J connectivity index is 2.48. The Morgan fingerprint density at radius 3 is 2.29 bits per heavy atom. The largest absolute Gasteiger partial charge is 0.477 e. The van der Waals surface area contributed by atoms with Crippen molar-refractivity contribution in [2.45, 2.75) is 91.3 Å². The smallest absolute Gasteiger partial charge is 0.348 e. The summed E-state index contributed by atoms with van der Waals surface area (Å²) in [5.41, 5.74) is 0.206. The molecule has 6 heteroatoms. The molecule has 2 unspecified atom stereocenters. The minimum absolute atomic E-state index is 0.0548. The number of halogens is 1. The molecular weight excluding hydrogens is 377 g/mol. The van der Waals surface area contributed by atoms with Crippen LogP contribution in [0.15, 0.2) is 6.07 Å². The zero-order chi connectivity index (χ0) is 21.2. The van der Waals surface area contributed by atoms with Crippen LogP contribution in [-0.4, -0.2) is 29.2 Å². The third-order valence-electron chi connectivity index (χ3n) is 5.61. The highest BCUT2D eigenvalue weighted by molar-refractivity contribution is 7.14. The zero-order valence-corrected chi connectivity index (χ0v) is 18.7. The lowest BCUT2D eigenvalue weighted by atomic mass is 9.82. The molecule has 1 fully saturated rings. The number of anilines is 1. The fraction of sp³-hybridized carbons (Fsp3) is 0.727. The Hall–Kier alpha value is -1.43. The highest BCUT2D eigenvalue weighted by atomic mass is 32.1. The minimum Gasteiger partial charge on any atom is -0.477 e. The number of carbonyl (C=O) groups is 2. The van der Waals surface area contributed by atoms with Crippen molar-refractivity contribution in [2.75, 3.05) is 4.90 Å². The summed E-state index contributed by atoms with van der Waals surface area (Å²) in [4.78, 5) is 28.1. The number of carboxylic acids is 1. The van der Waals surface area contributed by atoms with Crippen molar-refractivity contribution in [2.24, 2.45) is 11.8 Å². The summed E-state index contributed by atoms with van der Waals surface area (Å²) in [5, 5.41) is 9.78. The molecule has 1 aliphatic rings. The van der Waals surface area contributed by atoms with Crippen molar-refractivity contribution in [3.05, 3.63) is 15.8 Å². The molecule has 0 aliphatic heterocycles. The highest BCUT2D eigenvalue weighted by Crippen LogP contribution is 2.40. The van der Waals surface area contributed by atoms with Gasteiger partial charge in [0.15, 0.2) is 0 Å². The van der Waals surface area contributed by atoms with Crippen LogP contribution in [0.25, 0.3) is 0 Å². The van der Waals surface area contributed by atoms with E-state index in [9.17, 15) is 19.1 Å². The number of rotatable bonds is 6. The highest BCUT2D eigenvalue weighted by Gasteiger charge is 2.35. The summed E-state index contributed by atoms with van der Waals surface area (Å²) in [6, 6.07) is 1.43. The van der Waals surface area contributed by atoms with Crippen LogP contribution < -0.4 is 4.90 Å². The van der Waals surface area contributed by atoms with Gasteiger partial charge in [-0.25, -0.2) is 9.18 Å². The van der Waals surface area contributed by atoms with E-state index in [1.165, 1.54) is 18.3 Å². The maximum atomic E-state index is 13.8. The van der Waals surface area contributed by atoms with Crippen LogP contribution in [-0.2, 0) is 10.2 Å². The topological polar surface area (TPSA) is 57.6 Å². The van der Waals surface area contributed by atoms with Crippen LogP contribution in [0.5, 0.6) is 0 Å². The number of alkyl halides is 1. The summed E-state index contributed by atoms with van der Waals surface area (Å²) in [6.45, 7) is 11.6. The van der Waals surface area contributed by atoms with Crippen molar-refractivity contribution in [3.63, 3.8) is 0 Å². The quantitative estimate of drug-likeness (QED) is 0.621. The summed E-state index contributed by atoms with van der Waals surface area (Å²) in [7, 11) is 0. The number of nitrogens with zero attached hydrogens (tertiary/aromatic N) is 1. The van der Waals surface area contributed by atoms with Crippen LogP contribution in [0.1, 0.15) is 88.2 Å². The monoisotopic (exact) mass is 411 g/mol. The van der Waals surface area contributed by atoms with Gasteiger partial charge in [-0.1, -0.05) is 27.7 Å². The zero-order valence-electron chi connectivity index (χ0n) is 17.9. The molecule has 1 amide bonds. The van der Waals surface area contributed by atoms with E-state index < -0.39 is 18.2 Å². The average molecular weight is 412 g/mol. The second kappa shape index (κ2) is 8.93. The summed E-state index contributed by atoms with van der Waals surface area (Å²) >= 11 is 1.22. The summed E-state index contributed by atoms with van der Waals surface area (Å²) in [5.74, 6) is -0.593. The van der Waals surface area contributed by atoms with Crippen LogP contribution in [0.3, 0.4) is 0 Å². The first-order chi connectivity index (χ1) is 12.9. The third-order valence-corrected chi connectivity index (χ3v) is 7.15. The molecule has 1 aromatic rings. The van der Waals surface area contributed by atoms with E-state index in [4.69, 9.17) is 0 Å². The Morgan fingerprint density at radius 2 is 1.82 bits per heavy atom. The first-order valence-electron chi connectivity index (χ1n) is 10.3. The molecule has 1 heterocycles. The standard InChI is InChI=1S/C22H34FNO3S/c1-13-7-9-16(10-8-13)20(25)24(15(3)11-14(2)23)17-12-18(22(4,5)6)28-19(17)21(26)27/h12-16H,7-11H2,1-6H3,(H,26,27). The van der Waals surface area contributed by atoms with Crippen LogP contribution in [0, 0.1) is 11.8 Å². The molecule has 2 rings (SSSR count). The number of hydrogen-bond donors (Lipinski definition) is 1. The molecule has 0 saturated heterocycles. The van der Waals surface area contributed by atoms with Gasteiger partial charge in [0, 0.05) is 16.8 Å². The molecule has 1 saturated carbocycles. The molecular formula is C22H34FNO3S. The van der Waals surface area contributed by atoms with Gasteiger partial charge < -0.3 is 10.0 Å². The Bertz CT molecular complexity index is 699. The van der Waals surface area contributed by atoms with Gasteiger partial charge in [0.25, 0.3) is 0 Å². The first kappa shape index (κ1) is 22.9. The van der Waals surface area contributed by atoms with Gasteiger partial charge in [-0.2, -0.15) is 0 Å². The molecule has 1 N–H and O–H groups in total. The van der Waals surface area contributed by atoms with Crippen molar-refractivity contribution in [3.8, 4) is 0 Å². The molecule has 158 valence electrons. The predicted octanol–water partition coefficient (Wildman–Crippen LogP) is 6.04. The molecule has 2 atom stereocenters. The van der Waals surface area contributed by atoms with Gasteiger partial charge in [0.2, 0.25) is 5.91 Å². The lowest BCUT2D eigenvalue weighted by Gasteiger charge is -2.35. The fourth-order valence-corrected chi connectivity index (χ4v) is 4.98. The molecule has 0 bridgehead atoms. The molecule has 1 aliphatic carbocycles. The lowest BCUT2D eigenvalue weighted by Crippen LogP contribution is -2.44. The molecule has 28 heavy (non-hydrogen) atoms. The second-order valence-electron chi connectivity index (χ2n) is 9.41. The van der Waals surface area contributed by atoms with Crippen LogP contribution in [0.2, 0.25) is 0 Å². The molecule has 0 aromatic carbocycles. The minimum atomic E-state index is -1.06. The van der Waals surface area contributed by atoms with E-state index >= 15 is 0 Å². The van der Waals surface area contributed by atoms with Crippen molar-refractivity contribution >= 4 is 28.9 Å². The van der Waals surface area contributed by atoms with Gasteiger partial charge in [0.05, 0.1) is 11.9 Å². The van der Waals surface area contributed by atoms with Crippen molar-refractivity contribution < 1.29 is 19.1 Å². The Labute approximate surface area is 172 Å². The summed E-state index contributed by atoms with van der Waals surface area (Å²) in [6.07, 6.45) is 2.75. The van der Waals surface area contributed by atoms with E-state index in [0.717, 1.165) is 30.6 Å². The lowest BCUT2D eigenvalue weighted by molar-refractivity contribution is -0.124. The SMILES string of the molecule is CC(F)CC(C)N(C(=O)C1CCC(C)CC1)c1cc(C(C)(C)C)sc1C(=O)O. The number of hydrogen-bond acceptors (Lipinski definition) is 3. The van der Waals surface area contributed by atoms with Gasteiger partial charge >= 0.3 is 5.97 Å². The van der Waals surface area contributed by atoms with E-state index in [1.54, 1.807) is 4.90 Å². The van der Waals surface area contributed by atoms with Crippen LogP contribution in [0.4, 0.5) is 10.1 Å². The third kappa shape index (κ3) is 5.34. The summed E-state index contributed by atoms with van der Waals surface area (Å²) < 4.78 is 13.8. The van der Waals surface area contributed by atoms with Gasteiger partial charge in [-0.3, -0.25) is 4.79 Å². The molecule has 4 nitrogen and oxygen atoms in total. The number of carboxylic acid groups (broad SMARTS) is 1. The maximum Gasteiger partial charge on any atom is 0.348 e. The van der Waals surface area contributed by atoms with E-state index in [0.29, 0.717) is 11.6 Å². The van der Waals surface area contributed by atoms with Gasteiger partial charge in [0.1, 0.15) is 4.88 Å². The number of aromatic carboxylic acids is 1. The fourth-order valence-electron chi connectivity index (χ4n) is 3.94. The molecule has 1 aromatic heterocycles.